The van der Waals surface area contributed by atoms with Gasteiger partial charge in [0.05, 0.1) is 81.6 Å². The first-order chi connectivity index (χ1) is 44.0. The Balaban J connectivity index is 0.628. The molecule has 6 heterocycles. The van der Waals surface area contributed by atoms with Crippen LogP contribution in [0.5, 0.6) is 11.8 Å². The van der Waals surface area contributed by atoms with Crippen molar-refractivity contribution in [1.29, 1.82) is 5.26 Å². The van der Waals surface area contributed by atoms with Crippen molar-refractivity contribution in [2.75, 3.05) is 109 Å². The molecule has 2 unspecified atom stereocenters. The summed E-state index contributed by atoms with van der Waals surface area (Å²) in [5.41, 5.74) is 4.94. The maximum Gasteiger partial charge on any atom is 0.407 e. The van der Waals surface area contributed by atoms with Crippen molar-refractivity contribution in [3.8, 4) is 29.1 Å². The Hall–Kier alpha value is -7.94. The summed E-state index contributed by atoms with van der Waals surface area (Å²) >= 11 is 1.55. The lowest BCUT2D eigenvalue weighted by Gasteiger charge is -2.42. The van der Waals surface area contributed by atoms with Crippen LogP contribution in [0.25, 0.3) is 32.8 Å². The summed E-state index contributed by atoms with van der Waals surface area (Å²) < 4.78 is 36.2. The molecular weight excluding hydrogens is 1160 g/mol. The summed E-state index contributed by atoms with van der Waals surface area (Å²) in [6.45, 7) is 12.2. The summed E-state index contributed by atoms with van der Waals surface area (Å²) in [4.78, 5) is 78.3. The molecule has 4 fully saturated rings. The molecule has 1 aliphatic carbocycles. The number of anilines is 2. The van der Waals surface area contributed by atoms with Gasteiger partial charge in [0.2, 0.25) is 11.8 Å². The molecule has 21 nitrogen and oxygen atoms in total. The van der Waals surface area contributed by atoms with Crippen LogP contribution in [0.1, 0.15) is 87.0 Å². The maximum atomic E-state index is 14.5. The standard InChI is InChI=1S/C68H83N11O10S/c1-5-61(80)78-32-31-77(40-48(78)26-28-69)63-55-27-30-76(58-22-13-18-46-15-9-10-19-51(46)58)42-56(55)72-67(74-63)88-43-49-39-50(41-75(49)4)86-37-35-84-33-34-85-36-38-87-60-25-24-53(52-20-11-12-21-54(52)60)57-44-90-65(71-57)59-23-14-29-79(59)66(82)62(47-16-7-6-8-17-47)73-64(81)45(2)89-68(83)70-3/h5,9-13,15,18-22,24-25,44-45,47-50,59,62H,1,6-8,14,16-17,23,26-27,29-43H2,2-4H3,(H,70,83)(H,73,81)/t45?,48-,49-,50+,59-,62?/m0/s1. The number of aromatic nitrogens is 3. The molecule has 90 heavy (non-hydrogen) atoms. The lowest BCUT2D eigenvalue weighted by atomic mass is 9.83. The van der Waals surface area contributed by atoms with E-state index < -0.39 is 24.1 Å². The quantitative estimate of drug-likeness (QED) is 0.0404. The van der Waals surface area contributed by atoms with E-state index in [1.165, 1.54) is 30.8 Å². The molecule has 0 spiro atoms. The number of nitrogens with one attached hydrogen (secondary N) is 2. The van der Waals surface area contributed by atoms with Crippen LogP contribution in [0.15, 0.2) is 96.9 Å². The van der Waals surface area contributed by atoms with Gasteiger partial charge in [-0.15, -0.1) is 11.3 Å². The zero-order chi connectivity index (χ0) is 62.5. The summed E-state index contributed by atoms with van der Waals surface area (Å²) in [6.07, 6.45) is 7.69. The molecule has 4 aromatic carbocycles. The molecule has 0 radical (unpaired) electrons. The van der Waals surface area contributed by atoms with Gasteiger partial charge in [0, 0.05) is 85.3 Å². The smallest absolute Gasteiger partial charge is 0.407 e. The number of ether oxygens (including phenoxy) is 6. The van der Waals surface area contributed by atoms with Crippen molar-refractivity contribution in [1.82, 2.24) is 40.3 Å². The van der Waals surface area contributed by atoms with E-state index in [1.807, 2.05) is 35.2 Å². The van der Waals surface area contributed by atoms with Crippen molar-refractivity contribution in [3.05, 3.63) is 113 Å². The van der Waals surface area contributed by atoms with E-state index in [-0.39, 0.29) is 48.4 Å². The molecule has 6 atom stereocenters. The molecule has 4 aliphatic heterocycles. The van der Waals surface area contributed by atoms with Gasteiger partial charge in [0.1, 0.15) is 35.8 Å². The van der Waals surface area contributed by atoms with Gasteiger partial charge in [0.25, 0.3) is 5.91 Å². The highest BCUT2D eigenvalue weighted by Gasteiger charge is 2.41. The predicted octanol–water partition coefficient (Wildman–Crippen LogP) is 8.64. The van der Waals surface area contributed by atoms with E-state index in [0.717, 1.165) is 126 Å². The van der Waals surface area contributed by atoms with Crippen molar-refractivity contribution < 1.29 is 47.6 Å². The second-order valence-electron chi connectivity index (χ2n) is 23.9. The number of piperazine rings is 1. The van der Waals surface area contributed by atoms with Crippen molar-refractivity contribution in [3.63, 3.8) is 0 Å². The van der Waals surface area contributed by atoms with Crippen LogP contribution < -0.4 is 29.9 Å². The zero-order valence-corrected chi connectivity index (χ0v) is 52.7. The Morgan fingerprint density at radius 2 is 1.56 bits per heavy atom. The second-order valence-corrected chi connectivity index (χ2v) is 24.8. The first-order valence-electron chi connectivity index (χ1n) is 31.9. The molecule has 22 heteroatoms. The number of thiazole rings is 1. The highest BCUT2D eigenvalue weighted by Crippen LogP contribution is 2.41. The fraction of sp³-hybridized carbons (Fsp3) is 0.500. The van der Waals surface area contributed by atoms with E-state index >= 15 is 0 Å². The fourth-order valence-corrected chi connectivity index (χ4v) is 14.5. The van der Waals surface area contributed by atoms with Crippen LogP contribution in [-0.4, -0.2) is 183 Å². The number of nitriles is 1. The molecule has 0 bridgehead atoms. The topological polar surface area (TPSA) is 226 Å². The predicted molar refractivity (Wildman–Crippen MR) is 345 cm³/mol. The number of amides is 4. The van der Waals surface area contributed by atoms with Crippen molar-refractivity contribution >= 4 is 68.2 Å². The van der Waals surface area contributed by atoms with Crippen LogP contribution in [-0.2, 0) is 46.3 Å². The number of hydrogen-bond donors (Lipinski definition) is 2. The Morgan fingerprint density at radius 3 is 2.36 bits per heavy atom. The number of alkyl carbamates (subject to hydrolysis) is 1. The van der Waals surface area contributed by atoms with Gasteiger partial charge in [0.15, 0.2) is 6.10 Å². The SMILES string of the molecule is C=CC(=O)N1CCN(c2nc(OC[C@@H]3C[C@@H](OCCOCCOCCOc4ccc(-c5csc([C@@H]6CCCN6C(=O)C(NC(=O)C(C)OC(=O)NC)C6CCCCC6)n5)c5ccccc45)CN3C)nc3c2CCN(c2cccc4ccccc24)C3)C[C@@H]1CC#N. The van der Waals surface area contributed by atoms with E-state index in [4.69, 9.17) is 43.4 Å². The Labute approximate surface area is 530 Å². The highest BCUT2D eigenvalue weighted by atomic mass is 32.1. The van der Waals surface area contributed by atoms with Crippen LogP contribution in [0.2, 0.25) is 0 Å². The summed E-state index contributed by atoms with van der Waals surface area (Å²) in [6, 6.07) is 28.4. The van der Waals surface area contributed by atoms with Crippen LogP contribution >= 0.6 is 11.3 Å². The van der Waals surface area contributed by atoms with Crippen LogP contribution in [0, 0.1) is 17.2 Å². The maximum absolute atomic E-state index is 14.5. The molecule has 2 N–H and O–H groups in total. The second kappa shape index (κ2) is 30.2. The van der Waals surface area contributed by atoms with E-state index in [0.29, 0.717) is 85.0 Å². The third-order valence-corrected chi connectivity index (χ3v) is 19.2. The number of carbonyl (C=O) groups excluding carboxylic acids is 4. The monoisotopic (exact) mass is 1250 g/mol. The third kappa shape index (κ3) is 14.9. The first-order valence-corrected chi connectivity index (χ1v) is 32.7. The molecule has 5 aliphatic rings. The van der Waals surface area contributed by atoms with Crippen LogP contribution in [0.4, 0.5) is 16.3 Å². The van der Waals surface area contributed by atoms with Crippen molar-refractivity contribution in [2.24, 2.45) is 5.92 Å². The minimum absolute atomic E-state index is 0.00149. The lowest BCUT2D eigenvalue weighted by Crippen LogP contribution is -2.55. The Bertz CT molecular complexity index is 3530. The van der Waals surface area contributed by atoms with Gasteiger partial charge in [-0.05, 0) is 93.5 Å². The van der Waals surface area contributed by atoms with Crippen molar-refractivity contribution in [2.45, 2.75) is 114 Å². The zero-order valence-electron chi connectivity index (χ0n) is 51.9. The minimum Gasteiger partial charge on any atom is -0.491 e. The van der Waals surface area contributed by atoms with Gasteiger partial charge in [-0.3, -0.25) is 19.3 Å². The molecule has 6 aromatic rings. The number of hydrogen-bond acceptors (Lipinski definition) is 18. The first kappa shape index (κ1) is 63.6. The summed E-state index contributed by atoms with van der Waals surface area (Å²) in [5.74, 6) is 0.783. The van der Waals surface area contributed by atoms with E-state index in [9.17, 15) is 24.4 Å². The van der Waals surface area contributed by atoms with Gasteiger partial charge in [-0.25, -0.2) is 9.78 Å². The summed E-state index contributed by atoms with van der Waals surface area (Å²) in [5, 5.41) is 22.4. The number of fused-ring (bicyclic) bond motifs is 3. The summed E-state index contributed by atoms with van der Waals surface area (Å²) in [7, 11) is 3.52. The lowest BCUT2D eigenvalue weighted by molar-refractivity contribution is -0.141. The molecular formula is C68H83N11O10S. The molecule has 11 rings (SSSR count). The van der Waals surface area contributed by atoms with Crippen LogP contribution in [0.3, 0.4) is 0 Å². The number of likely N-dealkylation sites (tertiary alicyclic amines) is 2. The van der Waals surface area contributed by atoms with E-state index in [2.05, 4.69) is 98.9 Å². The average Bonchev–Trinajstić information content (AvgIpc) is 1.07. The molecule has 1 saturated carbocycles. The number of nitrogens with zero attached hydrogens (tertiary/aromatic N) is 9. The Morgan fingerprint density at radius 1 is 0.789 bits per heavy atom. The highest BCUT2D eigenvalue weighted by molar-refractivity contribution is 7.10. The molecule has 476 valence electrons. The molecule has 3 saturated heterocycles. The fourth-order valence-electron chi connectivity index (χ4n) is 13.5. The number of carbonyl (C=O) groups is 4. The van der Waals surface area contributed by atoms with Gasteiger partial charge in [-0.1, -0.05) is 86.5 Å². The van der Waals surface area contributed by atoms with Gasteiger partial charge in [-0.2, -0.15) is 15.2 Å². The van der Waals surface area contributed by atoms with Gasteiger partial charge < -0.3 is 58.7 Å². The number of likely N-dealkylation sites (N-methyl/N-ethyl adjacent to an activating group) is 1. The van der Waals surface area contributed by atoms with Gasteiger partial charge >= 0.3 is 12.1 Å². The Kier molecular flexibility index (Phi) is 21.4. The van der Waals surface area contributed by atoms with E-state index in [1.54, 1.807) is 16.2 Å². The average molecular weight is 1250 g/mol. The number of rotatable bonds is 25. The molecule has 2 aromatic heterocycles. The molecule has 4 amide bonds. The number of benzene rings is 4. The third-order valence-electron chi connectivity index (χ3n) is 18.2. The normalized spacial score (nSPS) is 20.3. The largest absolute Gasteiger partial charge is 0.491 e. The minimum atomic E-state index is -1.05.